The van der Waals surface area contributed by atoms with E-state index in [1.807, 2.05) is 83.2 Å². The molecule has 2 aliphatic heterocycles. The van der Waals surface area contributed by atoms with Crippen molar-refractivity contribution in [3.63, 3.8) is 0 Å². The quantitative estimate of drug-likeness (QED) is 0.738. The Morgan fingerprint density at radius 2 is 1.62 bits per heavy atom. The average Bonchev–Trinajstić information content (AvgIpc) is 2.82. The summed E-state index contributed by atoms with van der Waals surface area (Å²) in [6.07, 6.45) is 5.62. The molecule has 1 atom stereocenters. The van der Waals surface area contributed by atoms with E-state index in [4.69, 9.17) is 14.0 Å². The van der Waals surface area contributed by atoms with Gasteiger partial charge in [-0.15, -0.1) is 0 Å². The molecule has 0 N–H and O–H groups in total. The number of aliphatic imine (C=N–C) groups is 1. The summed E-state index contributed by atoms with van der Waals surface area (Å²) in [7, 11) is -0.451. The van der Waals surface area contributed by atoms with Gasteiger partial charge >= 0.3 is 7.12 Å². The highest BCUT2D eigenvalue weighted by molar-refractivity contribution is 6.55. The monoisotopic (exact) mass is 351 g/mol. The van der Waals surface area contributed by atoms with Gasteiger partial charge in [-0.25, -0.2) is 4.99 Å². The van der Waals surface area contributed by atoms with Crippen LogP contribution < -0.4 is 0 Å². The van der Waals surface area contributed by atoms with Crippen molar-refractivity contribution in [3.05, 3.63) is 71.9 Å². The Bertz CT molecular complexity index is 762. The van der Waals surface area contributed by atoms with Crippen LogP contribution in [0.3, 0.4) is 0 Å². The fraction of sp³-hybridized carbons (Fsp3) is 0.381. The minimum absolute atomic E-state index is 0.196. The fourth-order valence-corrected chi connectivity index (χ4v) is 2.77. The minimum Gasteiger partial charge on any atom is -0.470 e. The summed E-state index contributed by atoms with van der Waals surface area (Å²) in [4.78, 5) is 4.53. The molecule has 0 aliphatic carbocycles. The molecule has 136 valence electrons. The van der Waals surface area contributed by atoms with Gasteiger partial charge in [-0.05, 0) is 64.4 Å². The number of hydrogen-bond donors (Lipinski definition) is 0. The highest BCUT2D eigenvalue weighted by Crippen LogP contribution is 2.39. The van der Waals surface area contributed by atoms with Gasteiger partial charge in [-0.1, -0.05) is 30.9 Å². The second-order valence-corrected chi connectivity index (χ2v) is 7.69. The normalized spacial score (nSPS) is 30.1. The van der Waals surface area contributed by atoms with Crippen LogP contribution in [0.5, 0.6) is 0 Å². The second kappa shape index (κ2) is 6.90. The molecule has 26 heavy (non-hydrogen) atoms. The van der Waals surface area contributed by atoms with Crippen LogP contribution in [0.1, 0.15) is 40.2 Å². The summed E-state index contributed by atoms with van der Waals surface area (Å²) < 4.78 is 18.4. The zero-order valence-corrected chi connectivity index (χ0v) is 16.2. The van der Waals surface area contributed by atoms with E-state index >= 15 is 0 Å². The lowest BCUT2D eigenvalue weighted by Crippen LogP contribution is -2.41. The number of rotatable bonds is 2. The first-order chi connectivity index (χ1) is 12.2. The van der Waals surface area contributed by atoms with E-state index in [2.05, 4.69) is 11.6 Å². The van der Waals surface area contributed by atoms with Crippen LogP contribution in [0, 0.1) is 0 Å². The third kappa shape index (κ3) is 3.84. The molecule has 5 heteroatoms. The first-order valence-electron chi connectivity index (χ1n) is 8.93. The predicted molar refractivity (Wildman–Crippen MR) is 106 cm³/mol. The SMILES string of the molecule is C=C1/C=C\C(B2OC(C)(C)C(C)(C)O2)=C/C(C)O/C(c2ccccc2)=N\1. The summed E-state index contributed by atoms with van der Waals surface area (Å²) in [5.74, 6) is 0.555. The van der Waals surface area contributed by atoms with Crippen molar-refractivity contribution in [1.82, 2.24) is 0 Å². The molecule has 2 aliphatic rings. The van der Waals surface area contributed by atoms with Gasteiger partial charge in [-0.2, -0.15) is 0 Å². The standard InChI is InChI=1S/C21H26BNO3/c1-15-12-13-18(22-25-20(3,4)21(5,6)26-22)14-16(2)24-19(23-15)17-10-8-7-9-11-17/h7-14,16H,1H2,2-6H3/b13-12-,18-14+,23-19-. The summed E-state index contributed by atoms with van der Waals surface area (Å²) >= 11 is 0. The molecule has 1 unspecified atom stereocenters. The summed E-state index contributed by atoms with van der Waals surface area (Å²) in [5, 5.41) is 0. The first-order valence-corrected chi connectivity index (χ1v) is 8.93. The molecule has 0 amide bonds. The fourth-order valence-electron chi connectivity index (χ4n) is 2.77. The third-order valence-electron chi connectivity index (χ3n) is 4.98. The summed E-state index contributed by atoms with van der Waals surface area (Å²) in [6, 6.07) is 9.83. The number of allylic oxidation sites excluding steroid dienone is 3. The smallest absolute Gasteiger partial charge is 0.470 e. The van der Waals surface area contributed by atoms with Crippen molar-refractivity contribution in [3.8, 4) is 0 Å². The van der Waals surface area contributed by atoms with Crippen LogP contribution in [0.4, 0.5) is 0 Å². The highest BCUT2D eigenvalue weighted by atomic mass is 16.7. The lowest BCUT2D eigenvalue weighted by atomic mass is 9.77. The van der Waals surface area contributed by atoms with Crippen molar-refractivity contribution in [2.45, 2.75) is 51.9 Å². The lowest BCUT2D eigenvalue weighted by Gasteiger charge is -2.32. The molecule has 2 heterocycles. The molecule has 4 nitrogen and oxygen atoms in total. The van der Waals surface area contributed by atoms with E-state index in [0.717, 1.165) is 11.0 Å². The largest absolute Gasteiger partial charge is 0.494 e. The van der Waals surface area contributed by atoms with Gasteiger partial charge in [0.15, 0.2) is 0 Å². The Balaban J connectivity index is 1.89. The van der Waals surface area contributed by atoms with E-state index in [0.29, 0.717) is 11.6 Å². The van der Waals surface area contributed by atoms with Gasteiger partial charge in [0, 0.05) is 5.56 Å². The predicted octanol–water partition coefficient (Wildman–Crippen LogP) is 4.48. The maximum atomic E-state index is 6.17. The molecule has 1 fully saturated rings. The Morgan fingerprint density at radius 3 is 2.23 bits per heavy atom. The maximum Gasteiger partial charge on any atom is 0.494 e. The molecule has 0 bridgehead atoms. The molecular formula is C21H26BNO3. The Morgan fingerprint density at radius 1 is 1.00 bits per heavy atom. The molecule has 0 spiro atoms. The molecule has 0 radical (unpaired) electrons. The summed E-state index contributed by atoms with van der Waals surface area (Å²) in [5.41, 5.74) is 1.65. The lowest BCUT2D eigenvalue weighted by molar-refractivity contribution is 0.00578. The van der Waals surface area contributed by atoms with E-state index in [-0.39, 0.29) is 6.10 Å². The van der Waals surface area contributed by atoms with Crippen LogP contribution in [0.15, 0.2) is 71.3 Å². The van der Waals surface area contributed by atoms with Crippen molar-refractivity contribution in [1.29, 1.82) is 0 Å². The van der Waals surface area contributed by atoms with Gasteiger partial charge in [-0.3, -0.25) is 0 Å². The topological polar surface area (TPSA) is 40.0 Å². The van der Waals surface area contributed by atoms with Crippen LogP contribution >= 0.6 is 0 Å². The van der Waals surface area contributed by atoms with Gasteiger partial charge in [0.05, 0.1) is 16.9 Å². The van der Waals surface area contributed by atoms with E-state index in [1.54, 1.807) is 0 Å². The Hall–Kier alpha value is -2.11. The van der Waals surface area contributed by atoms with Crippen LogP contribution in [-0.4, -0.2) is 30.3 Å². The number of benzene rings is 1. The average molecular weight is 351 g/mol. The van der Waals surface area contributed by atoms with Gasteiger partial charge in [0.1, 0.15) is 6.10 Å². The van der Waals surface area contributed by atoms with Crippen molar-refractivity contribution < 1.29 is 14.0 Å². The molecule has 1 saturated heterocycles. The third-order valence-corrected chi connectivity index (χ3v) is 4.98. The van der Waals surface area contributed by atoms with E-state index in [1.165, 1.54) is 0 Å². The van der Waals surface area contributed by atoms with Crippen LogP contribution in [0.25, 0.3) is 0 Å². The summed E-state index contributed by atoms with van der Waals surface area (Å²) in [6.45, 7) is 14.2. The Labute approximate surface area is 156 Å². The van der Waals surface area contributed by atoms with E-state index in [9.17, 15) is 0 Å². The van der Waals surface area contributed by atoms with Crippen molar-refractivity contribution >= 4 is 13.0 Å². The number of nitrogens with zero attached hydrogens (tertiary/aromatic N) is 1. The molecular weight excluding hydrogens is 325 g/mol. The first kappa shape index (κ1) is 18.7. The molecule has 1 aromatic rings. The van der Waals surface area contributed by atoms with Crippen molar-refractivity contribution in [2.24, 2.45) is 4.99 Å². The molecule has 1 aromatic carbocycles. The molecule has 0 aromatic heterocycles. The zero-order chi connectivity index (χ0) is 18.9. The van der Waals surface area contributed by atoms with E-state index < -0.39 is 18.3 Å². The minimum atomic E-state index is -0.451. The maximum absolute atomic E-state index is 6.17. The Kier molecular flexibility index (Phi) is 4.95. The van der Waals surface area contributed by atoms with Gasteiger partial charge in [0.2, 0.25) is 5.90 Å². The molecule has 0 saturated carbocycles. The number of ether oxygens (including phenoxy) is 1. The number of hydrogen-bond acceptors (Lipinski definition) is 4. The van der Waals surface area contributed by atoms with Crippen LogP contribution in [-0.2, 0) is 14.0 Å². The zero-order valence-electron chi connectivity index (χ0n) is 16.2. The van der Waals surface area contributed by atoms with Gasteiger partial charge in [0.25, 0.3) is 0 Å². The highest BCUT2D eigenvalue weighted by Gasteiger charge is 2.52. The van der Waals surface area contributed by atoms with Gasteiger partial charge < -0.3 is 14.0 Å². The van der Waals surface area contributed by atoms with Crippen LogP contribution in [0.2, 0.25) is 0 Å². The second-order valence-electron chi connectivity index (χ2n) is 7.69. The van der Waals surface area contributed by atoms with Crippen molar-refractivity contribution in [2.75, 3.05) is 0 Å². The molecule has 3 rings (SSSR count).